The van der Waals surface area contributed by atoms with E-state index >= 15 is 0 Å². The average Bonchev–Trinajstić information content (AvgIpc) is 2.31. The van der Waals surface area contributed by atoms with Gasteiger partial charge in [0.25, 0.3) is 0 Å². The van der Waals surface area contributed by atoms with Gasteiger partial charge < -0.3 is 14.8 Å². The number of para-hydroxylation sites is 1. The van der Waals surface area contributed by atoms with Crippen molar-refractivity contribution in [2.75, 3.05) is 38.8 Å². The Bertz CT molecular complexity index is 311. The molecule has 1 aromatic rings. The van der Waals surface area contributed by atoms with Crippen LogP contribution in [0.3, 0.4) is 0 Å². The van der Waals surface area contributed by atoms with Crippen molar-refractivity contribution in [2.45, 2.75) is 13.3 Å². The molecule has 0 heterocycles. The standard InChI is InChI=1S/C13H20FNO2/c1-11-5-3-6-12(14)13(11)15-7-10-17-9-4-8-16-2/h3,5-6,15H,4,7-10H2,1-2H3. The Morgan fingerprint density at radius 3 is 2.76 bits per heavy atom. The first-order chi connectivity index (χ1) is 8.25. The zero-order valence-electron chi connectivity index (χ0n) is 10.5. The molecule has 0 atom stereocenters. The molecule has 4 heteroatoms. The van der Waals surface area contributed by atoms with Crippen molar-refractivity contribution in [3.63, 3.8) is 0 Å². The minimum Gasteiger partial charge on any atom is -0.385 e. The number of aryl methyl sites for hydroxylation is 1. The lowest BCUT2D eigenvalue weighted by atomic mass is 10.2. The lowest BCUT2D eigenvalue weighted by molar-refractivity contribution is 0.109. The van der Waals surface area contributed by atoms with Crippen LogP contribution in [0.25, 0.3) is 0 Å². The van der Waals surface area contributed by atoms with Crippen molar-refractivity contribution in [2.24, 2.45) is 0 Å². The van der Waals surface area contributed by atoms with Crippen molar-refractivity contribution in [1.29, 1.82) is 0 Å². The van der Waals surface area contributed by atoms with Gasteiger partial charge in [-0.1, -0.05) is 12.1 Å². The van der Waals surface area contributed by atoms with Crippen LogP contribution in [0, 0.1) is 12.7 Å². The molecular formula is C13H20FNO2. The molecule has 0 aliphatic rings. The third-order valence-corrected chi connectivity index (χ3v) is 2.41. The van der Waals surface area contributed by atoms with Crippen LogP contribution in [0.1, 0.15) is 12.0 Å². The van der Waals surface area contributed by atoms with E-state index in [9.17, 15) is 4.39 Å². The Morgan fingerprint density at radius 1 is 1.24 bits per heavy atom. The number of halogens is 1. The summed E-state index contributed by atoms with van der Waals surface area (Å²) in [6.07, 6.45) is 0.884. The molecule has 0 saturated carbocycles. The monoisotopic (exact) mass is 241 g/mol. The lowest BCUT2D eigenvalue weighted by Crippen LogP contribution is -2.12. The van der Waals surface area contributed by atoms with Crippen LogP contribution < -0.4 is 5.32 Å². The van der Waals surface area contributed by atoms with E-state index < -0.39 is 0 Å². The first-order valence-corrected chi connectivity index (χ1v) is 5.81. The fraction of sp³-hybridized carbons (Fsp3) is 0.538. The highest BCUT2D eigenvalue weighted by Gasteiger charge is 2.03. The van der Waals surface area contributed by atoms with Crippen molar-refractivity contribution in [1.82, 2.24) is 0 Å². The number of rotatable bonds is 8. The molecule has 1 N–H and O–H groups in total. The minimum atomic E-state index is -0.218. The van der Waals surface area contributed by atoms with Crippen molar-refractivity contribution < 1.29 is 13.9 Å². The van der Waals surface area contributed by atoms with Crippen LogP contribution in [0.4, 0.5) is 10.1 Å². The lowest BCUT2D eigenvalue weighted by Gasteiger charge is -2.10. The quantitative estimate of drug-likeness (QED) is 0.710. The van der Waals surface area contributed by atoms with Crippen molar-refractivity contribution >= 4 is 5.69 Å². The zero-order chi connectivity index (χ0) is 12.5. The Labute approximate surface area is 102 Å². The van der Waals surface area contributed by atoms with Gasteiger partial charge in [-0.05, 0) is 25.0 Å². The Balaban J connectivity index is 2.18. The molecule has 0 radical (unpaired) electrons. The second-order valence-electron chi connectivity index (χ2n) is 3.82. The fourth-order valence-electron chi connectivity index (χ4n) is 1.51. The highest BCUT2D eigenvalue weighted by Crippen LogP contribution is 2.17. The van der Waals surface area contributed by atoms with E-state index in [2.05, 4.69) is 5.32 Å². The van der Waals surface area contributed by atoms with Crippen LogP contribution >= 0.6 is 0 Å². The number of benzene rings is 1. The summed E-state index contributed by atoms with van der Waals surface area (Å²) in [6, 6.07) is 5.04. The predicted molar refractivity (Wildman–Crippen MR) is 66.9 cm³/mol. The van der Waals surface area contributed by atoms with E-state index in [1.54, 1.807) is 13.2 Å². The highest BCUT2D eigenvalue weighted by atomic mass is 19.1. The number of ether oxygens (including phenoxy) is 2. The van der Waals surface area contributed by atoms with Crippen LogP contribution in [-0.2, 0) is 9.47 Å². The van der Waals surface area contributed by atoms with Crippen molar-refractivity contribution in [3.05, 3.63) is 29.6 Å². The fourth-order valence-corrected chi connectivity index (χ4v) is 1.51. The summed E-state index contributed by atoms with van der Waals surface area (Å²) < 4.78 is 23.7. The van der Waals surface area contributed by atoms with Crippen LogP contribution in [0.15, 0.2) is 18.2 Å². The molecule has 0 aromatic heterocycles. The molecule has 1 aromatic carbocycles. The number of hydrogen-bond acceptors (Lipinski definition) is 3. The summed E-state index contributed by atoms with van der Waals surface area (Å²) in [5, 5.41) is 3.04. The summed E-state index contributed by atoms with van der Waals surface area (Å²) in [5.41, 5.74) is 1.47. The predicted octanol–water partition coefficient (Wildman–Crippen LogP) is 2.60. The van der Waals surface area contributed by atoms with E-state index in [1.165, 1.54) is 6.07 Å². The molecule has 0 fully saturated rings. The molecule has 0 spiro atoms. The topological polar surface area (TPSA) is 30.5 Å². The molecule has 0 bridgehead atoms. The third kappa shape index (κ3) is 5.15. The molecule has 0 unspecified atom stereocenters. The molecule has 3 nitrogen and oxygen atoms in total. The molecule has 0 aliphatic heterocycles. The summed E-state index contributed by atoms with van der Waals surface area (Å²) in [7, 11) is 1.67. The van der Waals surface area contributed by atoms with Crippen LogP contribution in [0.2, 0.25) is 0 Å². The summed E-state index contributed by atoms with van der Waals surface area (Å²) >= 11 is 0. The van der Waals surface area contributed by atoms with Gasteiger partial charge in [0, 0.05) is 26.9 Å². The number of nitrogens with one attached hydrogen (secondary N) is 1. The van der Waals surface area contributed by atoms with Gasteiger partial charge in [0.2, 0.25) is 0 Å². The van der Waals surface area contributed by atoms with Gasteiger partial charge in [0.05, 0.1) is 12.3 Å². The molecule has 0 amide bonds. The molecule has 17 heavy (non-hydrogen) atoms. The number of methoxy groups -OCH3 is 1. The van der Waals surface area contributed by atoms with Gasteiger partial charge in [0.1, 0.15) is 5.82 Å². The second kappa shape index (κ2) is 8.03. The first kappa shape index (κ1) is 13.9. The summed E-state index contributed by atoms with van der Waals surface area (Å²) in [6.45, 7) is 4.43. The van der Waals surface area contributed by atoms with Crippen LogP contribution in [0.5, 0.6) is 0 Å². The van der Waals surface area contributed by atoms with Gasteiger partial charge in [-0.15, -0.1) is 0 Å². The van der Waals surface area contributed by atoms with Gasteiger partial charge in [-0.25, -0.2) is 4.39 Å². The normalized spacial score (nSPS) is 10.5. The SMILES string of the molecule is COCCCOCCNc1c(C)cccc1F. The van der Waals surface area contributed by atoms with Gasteiger partial charge in [0.15, 0.2) is 0 Å². The van der Waals surface area contributed by atoms with E-state index in [0.717, 1.165) is 12.0 Å². The molecule has 0 saturated heterocycles. The van der Waals surface area contributed by atoms with E-state index in [0.29, 0.717) is 32.1 Å². The molecule has 1 rings (SSSR count). The number of hydrogen-bond donors (Lipinski definition) is 1. The molecule has 0 aliphatic carbocycles. The maximum atomic E-state index is 13.4. The molecular weight excluding hydrogens is 221 g/mol. The zero-order valence-corrected chi connectivity index (χ0v) is 10.5. The number of anilines is 1. The third-order valence-electron chi connectivity index (χ3n) is 2.41. The van der Waals surface area contributed by atoms with E-state index in [1.807, 2.05) is 13.0 Å². The van der Waals surface area contributed by atoms with Gasteiger partial charge >= 0.3 is 0 Å². The highest BCUT2D eigenvalue weighted by molar-refractivity contribution is 5.51. The maximum absolute atomic E-state index is 13.4. The smallest absolute Gasteiger partial charge is 0.146 e. The minimum absolute atomic E-state index is 0.218. The Hall–Kier alpha value is -1.13. The Kier molecular flexibility index (Phi) is 6.58. The first-order valence-electron chi connectivity index (χ1n) is 5.81. The van der Waals surface area contributed by atoms with Crippen LogP contribution in [-0.4, -0.2) is 33.5 Å². The average molecular weight is 241 g/mol. The van der Waals surface area contributed by atoms with Gasteiger partial charge in [-0.3, -0.25) is 0 Å². The second-order valence-corrected chi connectivity index (χ2v) is 3.82. The van der Waals surface area contributed by atoms with E-state index in [4.69, 9.17) is 9.47 Å². The summed E-state index contributed by atoms with van der Waals surface area (Å²) in [4.78, 5) is 0. The maximum Gasteiger partial charge on any atom is 0.146 e. The molecule has 96 valence electrons. The largest absolute Gasteiger partial charge is 0.385 e. The van der Waals surface area contributed by atoms with Gasteiger partial charge in [-0.2, -0.15) is 0 Å². The van der Waals surface area contributed by atoms with E-state index in [-0.39, 0.29) is 5.82 Å². The van der Waals surface area contributed by atoms with Crippen molar-refractivity contribution in [3.8, 4) is 0 Å². The summed E-state index contributed by atoms with van der Waals surface area (Å²) in [5.74, 6) is -0.218. The Morgan fingerprint density at radius 2 is 2.06 bits per heavy atom.